The van der Waals surface area contributed by atoms with E-state index in [0.29, 0.717) is 6.54 Å². The third-order valence-electron chi connectivity index (χ3n) is 2.86. The highest BCUT2D eigenvalue weighted by Gasteiger charge is 2.12. The van der Waals surface area contributed by atoms with Crippen molar-refractivity contribution >= 4 is 0 Å². The Morgan fingerprint density at radius 2 is 1.65 bits per heavy atom. The van der Waals surface area contributed by atoms with E-state index in [1.54, 1.807) is 0 Å². The summed E-state index contributed by atoms with van der Waals surface area (Å²) < 4.78 is 11.6. The Labute approximate surface area is 120 Å². The molecule has 0 aliphatic heterocycles. The summed E-state index contributed by atoms with van der Waals surface area (Å²) in [7, 11) is 0. The van der Waals surface area contributed by atoms with Crippen LogP contribution in [0.15, 0.2) is 54.6 Å². The van der Waals surface area contributed by atoms with Gasteiger partial charge >= 0.3 is 0 Å². The highest BCUT2D eigenvalue weighted by atomic mass is 16.5. The Morgan fingerprint density at radius 1 is 0.950 bits per heavy atom. The molecular weight excluding hydrogens is 250 g/mol. The first-order valence-electron chi connectivity index (χ1n) is 6.87. The average molecular weight is 271 g/mol. The zero-order valence-electron chi connectivity index (χ0n) is 12.0. The van der Waals surface area contributed by atoms with Crippen LogP contribution in [0.3, 0.4) is 0 Å². The second-order valence-corrected chi connectivity index (χ2v) is 4.90. The average Bonchev–Trinajstić information content (AvgIpc) is 2.46. The van der Waals surface area contributed by atoms with E-state index in [2.05, 4.69) is 0 Å². The molecule has 2 aromatic carbocycles. The zero-order chi connectivity index (χ0) is 14.4. The van der Waals surface area contributed by atoms with Crippen molar-refractivity contribution in [1.82, 2.24) is 0 Å². The summed E-state index contributed by atoms with van der Waals surface area (Å²) in [5.74, 6) is 1.61. The number of benzene rings is 2. The van der Waals surface area contributed by atoms with Crippen molar-refractivity contribution < 1.29 is 9.47 Å². The number of ether oxygens (including phenoxy) is 2. The predicted octanol–water partition coefficient (Wildman–Crippen LogP) is 3.90. The molecule has 2 aromatic rings. The molecule has 0 bridgehead atoms. The molecule has 3 nitrogen and oxygen atoms in total. The normalized spacial score (nSPS) is 12.4. The molecular formula is C17H21NO2. The SMILES string of the molecule is CC(C)OC(CN)c1cccc(Oc2ccccc2)c1. The Kier molecular flexibility index (Phi) is 5.16. The predicted molar refractivity (Wildman–Crippen MR) is 81.0 cm³/mol. The molecule has 0 saturated carbocycles. The topological polar surface area (TPSA) is 44.5 Å². The fourth-order valence-corrected chi connectivity index (χ4v) is 2.00. The Hall–Kier alpha value is -1.84. The van der Waals surface area contributed by atoms with Gasteiger partial charge in [0.15, 0.2) is 0 Å². The summed E-state index contributed by atoms with van der Waals surface area (Å²) in [4.78, 5) is 0. The molecule has 2 rings (SSSR count). The maximum absolute atomic E-state index is 5.82. The smallest absolute Gasteiger partial charge is 0.127 e. The molecule has 106 valence electrons. The van der Waals surface area contributed by atoms with Crippen LogP contribution in [0, 0.1) is 0 Å². The van der Waals surface area contributed by atoms with Gasteiger partial charge in [0.1, 0.15) is 11.5 Å². The van der Waals surface area contributed by atoms with Crippen LogP contribution in [-0.2, 0) is 4.74 Å². The molecule has 2 N–H and O–H groups in total. The van der Waals surface area contributed by atoms with Crippen LogP contribution in [0.4, 0.5) is 0 Å². The van der Waals surface area contributed by atoms with Gasteiger partial charge in [0, 0.05) is 6.54 Å². The van der Waals surface area contributed by atoms with Crippen molar-refractivity contribution in [3.63, 3.8) is 0 Å². The minimum absolute atomic E-state index is 0.102. The fourth-order valence-electron chi connectivity index (χ4n) is 2.00. The van der Waals surface area contributed by atoms with Crippen molar-refractivity contribution in [2.75, 3.05) is 6.54 Å². The maximum Gasteiger partial charge on any atom is 0.127 e. The third-order valence-corrected chi connectivity index (χ3v) is 2.86. The number of para-hydroxylation sites is 1. The van der Waals surface area contributed by atoms with Gasteiger partial charge in [0.2, 0.25) is 0 Å². The number of hydrogen-bond donors (Lipinski definition) is 1. The Balaban J connectivity index is 2.14. The van der Waals surface area contributed by atoms with Gasteiger partial charge in [-0.25, -0.2) is 0 Å². The fraction of sp³-hybridized carbons (Fsp3) is 0.294. The zero-order valence-corrected chi connectivity index (χ0v) is 12.0. The van der Waals surface area contributed by atoms with E-state index in [1.807, 2.05) is 68.4 Å². The quantitative estimate of drug-likeness (QED) is 0.866. The van der Waals surface area contributed by atoms with Crippen LogP contribution in [-0.4, -0.2) is 12.6 Å². The highest BCUT2D eigenvalue weighted by Crippen LogP contribution is 2.26. The summed E-state index contributed by atoms with van der Waals surface area (Å²) in [6.45, 7) is 4.47. The lowest BCUT2D eigenvalue weighted by Crippen LogP contribution is -2.19. The monoisotopic (exact) mass is 271 g/mol. The molecule has 20 heavy (non-hydrogen) atoms. The van der Waals surface area contributed by atoms with Gasteiger partial charge in [-0.1, -0.05) is 30.3 Å². The summed E-state index contributed by atoms with van der Waals surface area (Å²) in [6.07, 6.45) is 0.0385. The molecule has 0 aliphatic carbocycles. The second kappa shape index (κ2) is 7.08. The first-order chi connectivity index (χ1) is 9.69. The lowest BCUT2D eigenvalue weighted by molar-refractivity contribution is 0.0119. The van der Waals surface area contributed by atoms with Crippen molar-refractivity contribution in [1.29, 1.82) is 0 Å². The first-order valence-corrected chi connectivity index (χ1v) is 6.87. The lowest BCUT2D eigenvalue weighted by atomic mass is 10.1. The molecule has 0 radical (unpaired) electrons. The molecule has 1 atom stereocenters. The molecule has 0 saturated heterocycles. The lowest BCUT2D eigenvalue weighted by Gasteiger charge is -2.19. The summed E-state index contributed by atoms with van der Waals surface area (Å²) >= 11 is 0. The minimum atomic E-state index is -0.102. The van der Waals surface area contributed by atoms with Gasteiger partial charge in [-0.3, -0.25) is 0 Å². The van der Waals surface area contributed by atoms with Gasteiger partial charge in [-0.2, -0.15) is 0 Å². The van der Waals surface area contributed by atoms with Gasteiger partial charge in [0.05, 0.1) is 12.2 Å². The highest BCUT2D eigenvalue weighted by molar-refractivity contribution is 5.34. The first kappa shape index (κ1) is 14.6. The molecule has 0 spiro atoms. The number of rotatable bonds is 6. The van der Waals surface area contributed by atoms with Crippen LogP contribution in [0.1, 0.15) is 25.5 Å². The summed E-state index contributed by atoms with van der Waals surface area (Å²) in [5, 5.41) is 0. The Bertz CT molecular complexity index is 526. The molecule has 0 amide bonds. The van der Waals surface area contributed by atoms with Crippen LogP contribution in [0.5, 0.6) is 11.5 Å². The molecule has 0 heterocycles. The van der Waals surface area contributed by atoms with E-state index in [9.17, 15) is 0 Å². The van der Waals surface area contributed by atoms with Crippen molar-refractivity contribution in [2.45, 2.75) is 26.1 Å². The van der Waals surface area contributed by atoms with Gasteiger partial charge < -0.3 is 15.2 Å². The standard InChI is InChI=1S/C17H21NO2/c1-13(2)19-17(12-18)14-7-6-10-16(11-14)20-15-8-4-3-5-9-15/h3-11,13,17H,12,18H2,1-2H3. The molecule has 1 unspecified atom stereocenters. The summed E-state index contributed by atoms with van der Waals surface area (Å²) in [6, 6.07) is 17.6. The van der Waals surface area contributed by atoms with Gasteiger partial charge in [-0.15, -0.1) is 0 Å². The van der Waals surface area contributed by atoms with E-state index < -0.39 is 0 Å². The molecule has 0 aliphatic rings. The third kappa shape index (κ3) is 4.08. The molecule has 0 fully saturated rings. The largest absolute Gasteiger partial charge is 0.457 e. The van der Waals surface area contributed by atoms with Crippen LogP contribution in [0.2, 0.25) is 0 Å². The van der Waals surface area contributed by atoms with E-state index in [4.69, 9.17) is 15.2 Å². The molecule has 3 heteroatoms. The van der Waals surface area contributed by atoms with Crippen molar-refractivity contribution in [2.24, 2.45) is 5.73 Å². The van der Waals surface area contributed by atoms with E-state index in [0.717, 1.165) is 17.1 Å². The van der Waals surface area contributed by atoms with Gasteiger partial charge in [-0.05, 0) is 43.7 Å². The van der Waals surface area contributed by atoms with Crippen LogP contribution >= 0.6 is 0 Å². The molecule has 0 aromatic heterocycles. The van der Waals surface area contributed by atoms with Crippen LogP contribution in [0.25, 0.3) is 0 Å². The number of hydrogen-bond acceptors (Lipinski definition) is 3. The van der Waals surface area contributed by atoms with Gasteiger partial charge in [0.25, 0.3) is 0 Å². The van der Waals surface area contributed by atoms with Crippen LogP contribution < -0.4 is 10.5 Å². The summed E-state index contributed by atoms with van der Waals surface area (Å²) in [5.41, 5.74) is 6.83. The van der Waals surface area contributed by atoms with E-state index in [-0.39, 0.29) is 12.2 Å². The Morgan fingerprint density at radius 3 is 2.30 bits per heavy atom. The number of nitrogens with two attached hydrogens (primary N) is 1. The second-order valence-electron chi connectivity index (χ2n) is 4.90. The maximum atomic E-state index is 5.82. The minimum Gasteiger partial charge on any atom is -0.457 e. The van der Waals surface area contributed by atoms with E-state index in [1.165, 1.54) is 0 Å². The van der Waals surface area contributed by atoms with E-state index >= 15 is 0 Å². The van der Waals surface area contributed by atoms with Crippen molar-refractivity contribution in [3.8, 4) is 11.5 Å². The van der Waals surface area contributed by atoms with Crippen molar-refractivity contribution in [3.05, 3.63) is 60.2 Å².